The number of aromatic nitrogens is 4. The zero-order valence-electron chi connectivity index (χ0n) is 20.0. The van der Waals surface area contributed by atoms with Crippen LogP contribution in [0.5, 0.6) is 5.75 Å². The Balaban J connectivity index is 1.49. The molecule has 1 aromatic carbocycles. The van der Waals surface area contributed by atoms with E-state index >= 15 is 4.39 Å². The minimum atomic E-state index is -2.94. The Bertz CT molecular complexity index is 1380. The molecule has 188 valence electrons. The van der Waals surface area contributed by atoms with Gasteiger partial charge in [-0.1, -0.05) is 18.2 Å². The highest BCUT2D eigenvalue weighted by atomic mass is 19.3. The molecule has 1 fully saturated rings. The monoisotopic (exact) mass is 497 g/mol. The Morgan fingerprint density at radius 3 is 2.53 bits per heavy atom. The van der Waals surface area contributed by atoms with Crippen molar-refractivity contribution in [1.29, 1.82) is 0 Å². The first-order chi connectivity index (χ1) is 17.2. The molecule has 0 bridgehead atoms. The fourth-order valence-electron chi connectivity index (χ4n) is 4.62. The van der Waals surface area contributed by atoms with Gasteiger partial charge in [-0.25, -0.2) is 19.3 Å². The molecule has 0 saturated carbocycles. The number of nitrogens with zero attached hydrogens (tertiary/aromatic N) is 5. The average molecular weight is 498 g/mol. The fourth-order valence-corrected chi connectivity index (χ4v) is 4.62. The van der Waals surface area contributed by atoms with Crippen molar-refractivity contribution in [2.75, 3.05) is 20.1 Å². The maximum atomic E-state index is 15.1. The molecule has 0 unspecified atom stereocenters. The number of aryl methyl sites for hydroxylation is 1. The minimum absolute atomic E-state index is 0.0833. The summed E-state index contributed by atoms with van der Waals surface area (Å²) in [6.07, 6.45) is 5.95. The third-order valence-electron chi connectivity index (χ3n) is 6.75. The van der Waals surface area contributed by atoms with Crippen LogP contribution in [0.3, 0.4) is 0 Å². The average Bonchev–Trinajstić information content (AvgIpc) is 3.15. The van der Waals surface area contributed by atoms with Gasteiger partial charge in [-0.15, -0.1) is 0 Å². The molecule has 1 N–H and O–H groups in total. The molecule has 0 amide bonds. The van der Waals surface area contributed by atoms with Crippen LogP contribution >= 0.6 is 0 Å². The first kappa shape index (κ1) is 24.2. The topological polar surface area (TPSA) is 75.8 Å². The van der Waals surface area contributed by atoms with E-state index in [9.17, 15) is 13.9 Å². The number of aliphatic hydroxyl groups is 1. The van der Waals surface area contributed by atoms with E-state index in [0.717, 1.165) is 18.8 Å². The summed E-state index contributed by atoms with van der Waals surface area (Å²) in [6, 6.07) is 7.89. The molecule has 4 heterocycles. The van der Waals surface area contributed by atoms with E-state index in [1.165, 1.54) is 24.5 Å². The number of imidazole rings is 1. The van der Waals surface area contributed by atoms with Crippen LogP contribution in [0.15, 0.2) is 48.9 Å². The lowest BCUT2D eigenvalue weighted by atomic mass is 9.90. The Morgan fingerprint density at radius 1 is 1.14 bits per heavy atom. The number of alkyl halides is 2. The first-order valence-electron chi connectivity index (χ1n) is 11.7. The van der Waals surface area contributed by atoms with Gasteiger partial charge in [-0.2, -0.15) is 8.78 Å². The van der Waals surface area contributed by atoms with Crippen LogP contribution in [-0.2, 0) is 12.0 Å². The first-order valence-corrected chi connectivity index (χ1v) is 11.7. The number of hydrogen-bond acceptors (Lipinski definition) is 6. The van der Waals surface area contributed by atoms with Crippen LogP contribution in [0, 0.1) is 12.7 Å². The lowest BCUT2D eigenvalue weighted by Gasteiger charge is -2.35. The van der Waals surface area contributed by atoms with Crippen LogP contribution in [-0.4, -0.2) is 56.1 Å². The largest absolute Gasteiger partial charge is 0.435 e. The summed E-state index contributed by atoms with van der Waals surface area (Å²) in [5.74, 6) is -0.0783. The van der Waals surface area contributed by atoms with Gasteiger partial charge in [0.15, 0.2) is 5.82 Å². The van der Waals surface area contributed by atoms with E-state index in [2.05, 4.69) is 24.6 Å². The molecule has 5 rings (SSSR count). The zero-order valence-corrected chi connectivity index (χ0v) is 20.0. The second-order valence-electron chi connectivity index (χ2n) is 9.20. The number of para-hydroxylation sites is 1. The molecule has 3 aromatic heterocycles. The molecule has 10 heteroatoms. The van der Waals surface area contributed by atoms with Crippen molar-refractivity contribution in [3.05, 3.63) is 77.5 Å². The predicted molar refractivity (Wildman–Crippen MR) is 127 cm³/mol. The molecule has 0 radical (unpaired) electrons. The normalized spacial score (nSPS) is 16.1. The summed E-state index contributed by atoms with van der Waals surface area (Å²) in [6.45, 7) is 0.324. The quantitative estimate of drug-likeness (QED) is 0.427. The number of pyridine rings is 1. The fraction of sp³-hybridized carbons (Fsp3) is 0.346. The van der Waals surface area contributed by atoms with Crippen molar-refractivity contribution >= 4 is 5.65 Å². The van der Waals surface area contributed by atoms with Crippen molar-refractivity contribution in [2.24, 2.45) is 0 Å². The van der Waals surface area contributed by atoms with Crippen molar-refractivity contribution < 1.29 is 23.0 Å². The van der Waals surface area contributed by atoms with Crippen LogP contribution in [0.1, 0.15) is 35.6 Å². The van der Waals surface area contributed by atoms with E-state index in [-0.39, 0.29) is 17.7 Å². The smallest absolute Gasteiger partial charge is 0.387 e. The molecule has 1 saturated heterocycles. The zero-order chi connectivity index (χ0) is 25.4. The SMILES string of the molecule is Cc1nc2cc(F)c(-c3cnc(C4(O)CCN(C)CC4)nc3)cn2c1Cc1ccccc1OC(F)F. The maximum absolute atomic E-state index is 15.1. The van der Waals surface area contributed by atoms with Crippen LogP contribution in [0.4, 0.5) is 13.2 Å². The van der Waals surface area contributed by atoms with Gasteiger partial charge in [-0.3, -0.25) is 0 Å². The number of fused-ring (bicyclic) bond motifs is 1. The van der Waals surface area contributed by atoms with Crippen LogP contribution in [0.2, 0.25) is 0 Å². The Hall–Kier alpha value is -3.50. The lowest BCUT2D eigenvalue weighted by molar-refractivity contribution is -0.0504. The lowest BCUT2D eigenvalue weighted by Crippen LogP contribution is -2.41. The van der Waals surface area contributed by atoms with Crippen LogP contribution < -0.4 is 4.74 Å². The van der Waals surface area contributed by atoms with Gasteiger partial charge in [0.25, 0.3) is 0 Å². The van der Waals surface area contributed by atoms with Crippen molar-refractivity contribution in [3.8, 4) is 16.9 Å². The number of halogens is 3. The van der Waals surface area contributed by atoms with Gasteiger partial charge >= 0.3 is 6.61 Å². The van der Waals surface area contributed by atoms with Gasteiger partial charge in [0.1, 0.15) is 22.8 Å². The molecule has 1 aliphatic rings. The summed E-state index contributed by atoms with van der Waals surface area (Å²) in [5, 5.41) is 11.0. The maximum Gasteiger partial charge on any atom is 0.387 e. The second-order valence-corrected chi connectivity index (χ2v) is 9.20. The molecule has 0 spiro atoms. The van der Waals surface area contributed by atoms with Gasteiger partial charge in [0, 0.05) is 66.6 Å². The summed E-state index contributed by atoms with van der Waals surface area (Å²) in [7, 11) is 2.00. The predicted octanol–water partition coefficient (Wildman–Crippen LogP) is 4.34. The van der Waals surface area contributed by atoms with Crippen molar-refractivity contribution in [2.45, 2.75) is 38.4 Å². The number of hydrogen-bond donors (Lipinski definition) is 1. The number of rotatable bonds is 6. The molecule has 4 aromatic rings. The molecular formula is C26H26F3N5O2. The van der Waals surface area contributed by atoms with E-state index in [1.54, 1.807) is 35.7 Å². The highest BCUT2D eigenvalue weighted by molar-refractivity contribution is 5.64. The minimum Gasteiger partial charge on any atom is -0.435 e. The summed E-state index contributed by atoms with van der Waals surface area (Å²) in [4.78, 5) is 15.3. The van der Waals surface area contributed by atoms with Gasteiger partial charge in [0.2, 0.25) is 0 Å². The van der Waals surface area contributed by atoms with Gasteiger partial charge in [0.05, 0.1) is 5.69 Å². The number of piperidine rings is 1. The summed E-state index contributed by atoms with van der Waals surface area (Å²) in [5.41, 5.74) is 1.94. The molecular weight excluding hydrogens is 471 g/mol. The Labute approximate surface area is 206 Å². The number of benzene rings is 1. The molecule has 0 atom stereocenters. The van der Waals surface area contributed by atoms with Gasteiger partial charge < -0.3 is 19.1 Å². The van der Waals surface area contributed by atoms with Crippen molar-refractivity contribution in [3.63, 3.8) is 0 Å². The standard InChI is InChI=1S/C26H26F3N5O2/c1-16-21(11-17-5-3-4-6-22(17)36-25(28)29)34-15-19(20(27)12-23(34)32-16)18-13-30-24(31-14-18)26(35)7-9-33(2)10-8-26/h3-6,12-15,25,35H,7-11H2,1-2H3. The Morgan fingerprint density at radius 2 is 1.83 bits per heavy atom. The van der Waals surface area contributed by atoms with Crippen LogP contribution in [0.25, 0.3) is 16.8 Å². The number of ether oxygens (including phenoxy) is 1. The highest BCUT2D eigenvalue weighted by Crippen LogP contribution is 2.32. The van der Waals surface area contributed by atoms with E-state index in [1.807, 2.05) is 7.05 Å². The third-order valence-corrected chi connectivity index (χ3v) is 6.75. The van der Waals surface area contributed by atoms with E-state index in [4.69, 9.17) is 0 Å². The second kappa shape index (κ2) is 9.51. The Kier molecular flexibility index (Phi) is 6.40. The molecule has 1 aliphatic heterocycles. The summed E-state index contributed by atoms with van der Waals surface area (Å²) < 4.78 is 47.2. The molecule has 0 aliphatic carbocycles. The van der Waals surface area contributed by atoms with Crippen molar-refractivity contribution in [1.82, 2.24) is 24.3 Å². The molecule has 7 nitrogen and oxygen atoms in total. The highest BCUT2D eigenvalue weighted by Gasteiger charge is 2.35. The number of likely N-dealkylation sites (tertiary alicyclic amines) is 1. The molecule has 36 heavy (non-hydrogen) atoms. The van der Waals surface area contributed by atoms with Gasteiger partial charge in [-0.05, 0) is 32.9 Å². The summed E-state index contributed by atoms with van der Waals surface area (Å²) >= 11 is 0. The van der Waals surface area contributed by atoms with E-state index in [0.29, 0.717) is 41.1 Å². The van der Waals surface area contributed by atoms with E-state index < -0.39 is 18.0 Å². The third kappa shape index (κ3) is 4.66.